The van der Waals surface area contributed by atoms with Gasteiger partial charge in [-0.3, -0.25) is 4.79 Å². The van der Waals surface area contributed by atoms with E-state index in [0.717, 1.165) is 6.21 Å². The van der Waals surface area contributed by atoms with Crippen LogP contribution >= 0.6 is 11.6 Å². The monoisotopic (exact) mass is 424 g/mol. The third kappa shape index (κ3) is 4.23. The average Bonchev–Trinajstić information content (AvgIpc) is 2.70. The normalized spacial score (nSPS) is 24.4. The lowest BCUT2D eigenvalue weighted by atomic mass is 9.60. The molecule has 0 amide bonds. The smallest absolute Gasteiger partial charge is 0.336 e. The number of allylic oxidation sites excluding steroid dienone is 1. The van der Waals surface area contributed by atoms with Crippen molar-refractivity contribution in [1.82, 2.24) is 5.32 Å². The molecule has 1 aliphatic heterocycles. The maximum Gasteiger partial charge on any atom is 0.336 e. The second kappa shape index (κ2) is 9.76. The van der Waals surface area contributed by atoms with E-state index in [4.69, 9.17) is 26.3 Å². The van der Waals surface area contributed by atoms with Crippen LogP contribution in [0.1, 0.15) is 31.7 Å². The van der Waals surface area contributed by atoms with Gasteiger partial charge in [0, 0.05) is 16.6 Å². The highest BCUT2D eigenvalue weighted by molar-refractivity contribution is 6.31. The highest BCUT2D eigenvalue weighted by Gasteiger charge is 2.57. The first-order valence-corrected chi connectivity index (χ1v) is 9.49. The number of ether oxygens (including phenoxy) is 2. The average molecular weight is 425 g/mol. The van der Waals surface area contributed by atoms with E-state index >= 15 is 0 Å². The van der Waals surface area contributed by atoms with E-state index in [0.29, 0.717) is 16.3 Å². The number of hydrogen-bond donors (Lipinski definition) is 3. The molecule has 0 aromatic heterocycles. The molecular formula is C20H25ClN2O6. The molecule has 0 saturated heterocycles. The molecule has 0 fully saturated rings. The van der Waals surface area contributed by atoms with Crippen LogP contribution in [-0.2, 0) is 19.1 Å². The number of nitrogens with zero attached hydrogens (tertiary/aromatic N) is 1. The van der Waals surface area contributed by atoms with E-state index in [1.807, 2.05) is 0 Å². The Morgan fingerprint density at radius 1 is 1.38 bits per heavy atom. The molecule has 0 spiro atoms. The number of carbonyl (C=O) groups is 2. The van der Waals surface area contributed by atoms with Gasteiger partial charge >= 0.3 is 11.9 Å². The number of aliphatic carboxylic acids is 1. The third-order valence-corrected chi connectivity index (χ3v) is 5.73. The number of methoxy groups -OCH3 is 1. The lowest BCUT2D eigenvalue weighted by molar-refractivity contribution is -0.155. The predicted octanol–water partition coefficient (Wildman–Crippen LogP) is 2.80. The lowest BCUT2D eigenvalue weighted by Gasteiger charge is -2.48. The summed E-state index contributed by atoms with van der Waals surface area (Å²) in [5, 5.41) is 25.3. The molecule has 8 nitrogen and oxygen atoms in total. The van der Waals surface area contributed by atoms with Gasteiger partial charge in [-0.05, 0) is 25.0 Å². The van der Waals surface area contributed by atoms with E-state index in [1.165, 1.54) is 7.11 Å². The Hall–Kier alpha value is -2.58. The Morgan fingerprint density at radius 3 is 2.62 bits per heavy atom. The molecule has 0 aliphatic carbocycles. The van der Waals surface area contributed by atoms with E-state index in [1.54, 1.807) is 38.1 Å². The molecule has 0 radical (unpaired) electrons. The Balaban J connectivity index is 2.70. The van der Waals surface area contributed by atoms with Crippen LogP contribution in [0.3, 0.4) is 0 Å². The fourth-order valence-corrected chi connectivity index (χ4v) is 4.25. The van der Waals surface area contributed by atoms with Gasteiger partial charge in [0.2, 0.25) is 0 Å². The molecule has 9 heteroatoms. The van der Waals surface area contributed by atoms with Gasteiger partial charge in [-0.15, -0.1) is 0 Å². The van der Waals surface area contributed by atoms with Crippen molar-refractivity contribution < 1.29 is 29.4 Å². The molecule has 1 heterocycles. The molecular weight excluding hydrogens is 400 g/mol. The maximum absolute atomic E-state index is 12.7. The van der Waals surface area contributed by atoms with Crippen LogP contribution in [0.15, 0.2) is 40.7 Å². The Bertz CT molecular complexity index is 825. The molecule has 2 rings (SSSR count). The van der Waals surface area contributed by atoms with E-state index < -0.39 is 29.3 Å². The van der Waals surface area contributed by atoms with Gasteiger partial charge in [0.1, 0.15) is 5.41 Å². The topological polar surface area (TPSA) is 117 Å². The van der Waals surface area contributed by atoms with Gasteiger partial charge < -0.3 is 25.1 Å². The van der Waals surface area contributed by atoms with E-state index in [2.05, 4.69) is 10.5 Å². The Morgan fingerprint density at radius 2 is 2.07 bits per heavy atom. The standard InChI is InChI=1S/C20H25ClN2O6/c1-4-20(19(25)26)15(11-29-10-9-22-27)23-12(2)16(18(24)28-3)17(20)13-7-5-6-8-14(13)21/h5-9,15,17,23,27H,4,10-11H2,1-3H3,(H,25,26). The number of esters is 1. The second-order valence-corrected chi connectivity index (χ2v) is 7.12. The molecule has 1 aliphatic rings. The number of nitrogens with one attached hydrogen (secondary N) is 1. The SMILES string of the molecule is CCC1(C(=O)O)C(COCC=NO)NC(C)=C(C(=O)OC)C1c1ccccc1Cl. The highest BCUT2D eigenvalue weighted by Crippen LogP contribution is 2.52. The van der Waals surface area contributed by atoms with Crippen molar-refractivity contribution in [2.24, 2.45) is 10.6 Å². The summed E-state index contributed by atoms with van der Waals surface area (Å²) < 4.78 is 10.5. The van der Waals surface area contributed by atoms with Crippen LogP contribution in [0.4, 0.5) is 0 Å². The van der Waals surface area contributed by atoms with Crippen molar-refractivity contribution >= 4 is 29.8 Å². The lowest BCUT2D eigenvalue weighted by Crippen LogP contribution is -2.59. The van der Waals surface area contributed by atoms with Gasteiger partial charge in [-0.2, -0.15) is 0 Å². The summed E-state index contributed by atoms with van der Waals surface area (Å²) in [6.07, 6.45) is 1.35. The molecule has 0 saturated carbocycles. The minimum atomic E-state index is -1.44. The Kier molecular flexibility index (Phi) is 7.64. The van der Waals surface area contributed by atoms with Crippen LogP contribution < -0.4 is 5.32 Å². The molecule has 1 aromatic rings. The largest absolute Gasteiger partial charge is 0.481 e. The second-order valence-electron chi connectivity index (χ2n) is 6.72. The quantitative estimate of drug-likeness (QED) is 0.193. The number of carboxylic acids is 1. The number of halogens is 1. The molecule has 3 N–H and O–H groups in total. The van der Waals surface area contributed by atoms with Crippen LogP contribution in [0.2, 0.25) is 5.02 Å². The maximum atomic E-state index is 12.7. The van der Waals surface area contributed by atoms with Crippen LogP contribution in [0.25, 0.3) is 0 Å². The minimum absolute atomic E-state index is 0.0114. The van der Waals surface area contributed by atoms with Gasteiger partial charge in [0.25, 0.3) is 0 Å². The summed E-state index contributed by atoms with van der Waals surface area (Å²) in [6.45, 7) is 3.47. The molecule has 1 aromatic carbocycles. The van der Waals surface area contributed by atoms with Crippen molar-refractivity contribution in [2.45, 2.75) is 32.2 Å². The zero-order valence-electron chi connectivity index (χ0n) is 16.5. The van der Waals surface area contributed by atoms with Crippen LogP contribution in [-0.4, -0.2) is 54.8 Å². The van der Waals surface area contributed by atoms with Crippen molar-refractivity contribution in [3.05, 3.63) is 46.1 Å². The molecule has 158 valence electrons. The van der Waals surface area contributed by atoms with Crippen LogP contribution in [0.5, 0.6) is 0 Å². The summed E-state index contributed by atoms with van der Waals surface area (Å²) in [7, 11) is 1.25. The van der Waals surface area contributed by atoms with E-state index in [-0.39, 0.29) is 25.2 Å². The molecule has 29 heavy (non-hydrogen) atoms. The number of benzene rings is 1. The number of carbonyl (C=O) groups excluding carboxylic acids is 1. The Labute approximate surface area is 174 Å². The molecule has 0 bridgehead atoms. The van der Waals surface area contributed by atoms with Crippen molar-refractivity contribution in [1.29, 1.82) is 0 Å². The van der Waals surface area contributed by atoms with Gasteiger partial charge in [0.05, 0.1) is 38.2 Å². The van der Waals surface area contributed by atoms with Crippen LogP contribution in [0, 0.1) is 5.41 Å². The predicted molar refractivity (Wildman–Crippen MR) is 107 cm³/mol. The van der Waals surface area contributed by atoms with Crippen molar-refractivity contribution in [3.63, 3.8) is 0 Å². The first kappa shape index (κ1) is 22.7. The summed E-state index contributed by atoms with van der Waals surface area (Å²) in [4.78, 5) is 25.4. The van der Waals surface area contributed by atoms with Crippen molar-refractivity contribution in [3.8, 4) is 0 Å². The minimum Gasteiger partial charge on any atom is -0.481 e. The van der Waals surface area contributed by atoms with Gasteiger partial charge in [-0.1, -0.05) is 41.9 Å². The first-order valence-electron chi connectivity index (χ1n) is 9.12. The molecule has 3 atom stereocenters. The molecule has 3 unspecified atom stereocenters. The van der Waals surface area contributed by atoms with Gasteiger partial charge in [0.15, 0.2) is 0 Å². The summed E-state index contributed by atoms with van der Waals surface area (Å²) >= 11 is 6.44. The fourth-order valence-electron chi connectivity index (χ4n) is 4.00. The highest BCUT2D eigenvalue weighted by atomic mass is 35.5. The number of hydrogen-bond acceptors (Lipinski definition) is 7. The zero-order valence-corrected chi connectivity index (χ0v) is 17.3. The number of carboxylic acid groups (broad SMARTS) is 1. The first-order chi connectivity index (χ1) is 13.8. The summed E-state index contributed by atoms with van der Waals surface area (Å²) in [6, 6.07) is 6.20. The zero-order chi connectivity index (χ0) is 21.6. The summed E-state index contributed by atoms with van der Waals surface area (Å²) in [5.41, 5.74) is -0.194. The van der Waals surface area contributed by atoms with Gasteiger partial charge in [-0.25, -0.2) is 4.79 Å². The summed E-state index contributed by atoms with van der Waals surface area (Å²) in [5.74, 6) is -2.56. The van der Waals surface area contributed by atoms with E-state index in [9.17, 15) is 14.7 Å². The van der Waals surface area contributed by atoms with Crippen molar-refractivity contribution in [2.75, 3.05) is 20.3 Å². The number of rotatable bonds is 8. The fraction of sp³-hybridized carbons (Fsp3) is 0.450. The third-order valence-electron chi connectivity index (χ3n) is 5.38. The number of oxime groups is 1.